The third-order valence-corrected chi connectivity index (χ3v) is 4.05. The second-order valence-corrected chi connectivity index (χ2v) is 5.48. The van der Waals surface area contributed by atoms with Crippen LogP contribution in [-0.4, -0.2) is 16.5 Å². The minimum atomic E-state index is -0.207. The van der Waals surface area contributed by atoms with Gasteiger partial charge in [-0.2, -0.15) is 0 Å². The van der Waals surface area contributed by atoms with Crippen molar-refractivity contribution in [3.63, 3.8) is 0 Å². The summed E-state index contributed by atoms with van der Waals surface area (Å²) in [5.41, 5.74) is 2.35. The first-order valence-electron chi connectivity index (χ1n) is 6.24. The summed E-state index contributed by atoms with van der Waals surface area (Å²) in [4.78, 5) is 10.0. The Morgan fingerprint density at radius 1 is 1.26 bits per heavy atom. The van der Waals surface area contributed by atoms with Crippen molar-refractivity contribution in [1.82, 2.24) is 15.3 Å². The van der Waals surface area contributed by atoms with Gasteiger partial charge in [0.15, 0.2) is 0 Å². The molecule has 3 nitrogen and oxygen atoms in total. The maximum absolute atomic E-state index is 12.8. The van der Waals surface area contributed by atoms with Crippen molar-refractivity contribution in [3.8, 4) is 0 Å². The molecule has 0 saturated carbocycles. The second-order valence-electron chi connectivity index (χ2n) is 4.43. The summed E-state index contributed by atoms with van der Waals surface area (Å²) in [6.45, 7) is 1.84. The van der Waals surface area contributed by atoms with Crippen LogP contribution in [0.1, 0.15) is 17.1 Å². The fraction of sp³-hybridized carbons (Fsp3) is 0.286. The molecule has 0 amide bonds. The van der Waals surface area contributed by atoms with Crippen LogP contribution in [0.4, 0.5) is 4.39 Å². The Bertz CT molecular complexity index is 571. The molecule has 1 aliphatic rings. The largest absolute Gasteiger partial charge is 0.312 e. The third kappa shape index (κ3) is 3.11. The molecule has 0 aliphatic carbocycles. The van der Waals surface area contributed by atoms with Crippen LogP contribution in [0, 0.1) is 5.82 Å². The molecule has 98 valence electrons. The molecule has 2 aromatic rings. The minimum absolute atomic E-state index is 0.207. The number of halogens is 1. The Labute approximate surface area is 115 Å². The van der Waals surface area contributed by atoms with Crippen LogP contribution in [0.25, 0.3) is 0 Å². The number of aromatic nitrogens is 2. The van der Waals surface area contributed by atoms with Crippen molar-refractivity contribution in [2.75, 3.05) is 6.54 Å². The molecule has 5 heteroatoms. The van der Waals surface area contributed by atoms with Crippen LogP contribution in [0.5, 0.6) is 0 Å². The first-order valence-corrected chi connectivity index (χ1v) is 7.22. The number of benzene rings is 1. The van der Waals surface area contributed by atoms with Crippen LogP contribution in [-0.2, 0) is 18.7 Å². The van der Waals surface area contributed by atoms with Crippen LogP contribution < -0.4 is 5.32 Å². The molecule has 1 aromatic heterocycles. The summed E-state index contributed by atoms with van der Waals surface area (Å²) in [7, 11) is 0. The van der Waals surface area contributed by atoms with Gasteiger partial charge in [0.25, 0.3) is 0 Å². The van der Waals surface area contributed by atoms with Crippen LogP contribution in [0.15, 0.2) is 35.4 Å². The lowest BCUT2D eigenvalue weighted by Gasteiger charge is -2.15. The SMILES string of the molecule is Fc1ccc(SCc2ncc3c(n2)CCNC3)cc1. The van der Waals surface area contributed by atoms with Gasteiger partial charge >= 0.3 is 0 Å². The number of fused-ring (bicyclic) bond motifs is 1. The first-order chi connectivity index (χ1) is 9.31. The van der Waals surface area contributed by atoms with E-state index < -0.39 is 0 Å². The summed E-state index contributed by atoms with van der Waals surface area (Å²) in [5, 5.41) is 3.30. The van der Waals surface area contributed by atoms with E-state index in [1.54, 1.807) is 23.9 Å². The smallest absolute Gasteiger partial charge is 0.138 e. The molecule has 0 unspecified atom stereocenters. The average molecular weight is 275 g/mol. The molecule has 0 saturated heterocycles. The van der Waals surface area contributed by atoms with Gasteiger partial charge in [0.1, 0.15) is 11.6 Å². The Hall–Kier alpha value is -1.46. The van der Waals surface area contributed by atoms with Crippen molar-refractivity contribution in [1.29, 1.82) is 0 Å². The molecule has 19 heavy (non-hydrogen) atoms. The van der Waals surface area contributed by atoms with Gasteiger partial charge in [0.2, 0.25) is 0 Å². The van der Waals surface area contributed by atoms with Crippen LogP contribution in [0.3, 0.4) is 0 Å². The van der Waals surface area contributed by atoms with Crippen LogP contribution >= 0.6 is 11.8 Å². The molecule has 0 fully saturated rings. The van der Waals surface area contributed by atoms with Gasteiger partial charge in [-0.05, 0) is 24.3 Å². The topological polar surface area (TPSA) is 37.8 Å². The average Bonchev–Trinajstić information content (AvgIpc) is 2.46. The zero-order valence-electron chi connectivity index (χ0n) is 10.4. The quantitative estimate of drug-likeness (QED) is 0.874. The van der Waals surface area contributed by atoms with Crippen LogP contribution in [0.2, 0.25) is 0 Å². The lowest BCUT2D eigenvalue weighted by Crippen LogP contribution is -2.25. The predicted octanol–water partition coefficient (Wildman–Crippen LogP) is 2.55. The van der Waals surface area contributed by atoms with E-state index in [1.165, 1.54) is 17.7 Å². The highest BCUT2D eigenvalue weighted by molar-refractivity contribution is 7.98. The van der Waals surface area contributed by atoms with Gasteiger partial charge in [-0.1, -0.05) is 0 Å². The van der Waals surface area contributed by atoms with Crippen molar-refractivity contribution in [3.05, 3.63) is 53.4 Å². The monoisotopic (exact) mass is 275 g/mol. The van der Waals surface area contributed by atoms with Crippen molar-refractivity contribution < 1.29 is 4.39 Å². The minimum Gasteiger partial charge on any atom is -0.312 e. The molecule has 0 spiro atoms. The van der Waals surface area contributed by atoms with E-state index in [0.29, 0.717) is 5.75 Å². The van der Waals surface area contributed by atoms with Gasteiger partial charge in [-0.3, -0.25) is 0 Å². The fourth-order valence-corrected chi connectivity index (χ4v) is 2.79. The van der Waals surface area contributed by atoms with E-state index >= 15 is 0 Å². The van der Waals surface area contributed by atoms with E-state index in [-0.39, 0.29) is 5.82 Å². The van der Waals surface area contributed by atoms with E-state index in [9.17, 15) is 4.39 Å². The van der Waals surface area contributed by atoms with Crippen molar-refractivity contribution >= 4 is 11.8 Å². The molecule has 0 bridgehead atoms. The summed E-state index contributed by atoms with van der Waals surface area (Å²) < 4.78 is 12.8. The Kier molecular flexibility index (Phi) is 3.75. The molecule has 1 aliphatic heterocycles. The van der Waals surface area contributed by atoms with Crippen molar-refractivity contribution in [2.45, 2.75) is 23.6 Å². The first kappa shape index (κ1) is 12.6. The summed E-state index contributed by atoms with van der Waals surface area (Å²) in [6, 6.07) is 6.51. The molecular formula is C14H14FN3S. The molecule has 1 N–H and O–H groups in total. The standard InChI is InChI=1S/C14H14FN3S/c15-11-1-3-12(4-2-11)19-9-14-17-8-10-7-16-6-5-13(10)18-14/h1-4,8,16H,5-7,9H2. The Balaban J connectivity index is 1.68. The highest BCUT2D eigenvalue weighted by Gasteiger charge is 2.11. The number of rotatable bonds is 3. The van der Waals surface area contributed by atoms with Gasteiger partial charge in [0, 0.05) is 41.9 Å². The number of nitrogens with zero attached hydrogens (tertiary/aromatic N) is 2. The number of nitrogens with one attached hydrogen (secondary N) is 1. The zero-order chi connectivity index (χ0) is 13.1. The van der Waals surface area contributed by atoms with Gasteiger partial charge in [-0.25, -0.2) is 14.4 Å². The second kappa shape index (κ2) is 5.67. The lowest BCUT2D eigenvalue weighted by molar-refractivity contribution is 0.622. The molecule has 3 rings (SSSR count). The summed E-state index contributed by atoms with van der Waals surface area (Å²) in [5.74, 6) is 1.35. The Morgan fingerprint density at radius 2 is 2.11 bits per heavy atom. The van der Waals surface area contributed by atoms with Gasteiger partial charge in [0.05, 0.1) is 5.75 Å². The molecular weight excluding hydrogens is 261 g/mol. The molecule has 0 radical (unpaired) electrons. The molecule has 2 heterocycles. The van der Waals surface area contributed by atoms with Gasteiger partial charge in [-0.15, -0.1) is 11.8 Å². The summed E-state index contributed by atoms with van der Waals surface area (Å²) >= 11 is 1.63. The maximum atomic E-state index is 12.8. The van der Waals surface area contributed by atoms with Crippen molar-refractivity contribution in [2.24, 2.45) is 0 Å². The number of hydrogen-bond donors (Lipinski definition) is 1. The maximum Gasteiger partial charge on any atom is 0.138 e. The highest BCUT2D eigenvalue weighted by Crippen LogP contribution is 2.22. The Morgan fingerprint density at radius 3 is 2.95 bits per heavy atom. The lowest BCUT2D eigenvalue weighted by atomic mass is 10.1. The van der Waals surface area contributed by atoms with E-state index in [4.69, 9.17) is 0 Å². The number of hydrogen-bond acceptors (Lipinski definition) is 4. The van der Waals surface area contributed by atoms with E-state index in [0.717, 1.165) is 35.9 Å². The molecule has 0 atom stereocenters. The normalized spacial score (nSPS) is 14.2. The van der Waals surface area contributed by atoms with E-state index in [2.05, 4.69) is 15.3 Å². The summed E-state index contributed by atoms with van der Waals surface area (Å²) in [6.07, 6.45) is 2.88. The highest BCUT2D eigenvalue weighted by atomic mass is 32.2. The van der Waals surface area contributed by atoms with Gasteiger partial charge < -0.3 is 5.32 Å². The van der Waals surface area contributed by atoms with E-state index in [1.807, 2.05) is 6.20 Å². The third-order valence-electron chi connectivity index (χ3n) is 3.04. The number of thioether (sulfide) groups is 1. The fourth-order valence-electron chi connectivity index (χ4n) is 2.03. The molecule has 1 aromatic carbocycles. The zero-order valence-corrected chi connectivity index (χ0v) is 11.2. The predicted molar refractivity (Wildman–Crippen MR) is 73.4 cm³/mol.